The van der Waals surface area contributed by atoms with E-state index in [0.717, 1.165) is 0 Å². The summed E-state index contributed by atoms with van der Waals surface area (Å²) in [6.07, 6.45) is 0.705. The van der Waals surface area contributed by atoms with Gasteiger partial charge in [-0.2, -0.15) is 4.72 Å². The van der Waals surface area contributed by atoms with Gasteiger partial charge >= 0.3 is 5.97 Å². The molecule has 7 nitrogen and oxygen atoms in total. The van der Waals surface area contributed by atoms with Gasteiger partial charge in [0.05, 0.1) is 18.1 Å². The number of ether oxygens (including phenoxy) is 3. The fraction of sp³-hybridized carbons (Fsp3) is 0.278. The Morgan fingerprint density at radius 1 is 1.07 bits per heavy atom. The predicted octanol–water partition coefficient (Wildman–Crippen LogP) is 3.18. The minimum absolute atomic E-state index is 0.0429. The van der Waals surface area contributed by atoms with Crippen LogP contribution >= 0.6 is 23.2 Å². The van der Waals surface area contributed by atoms with Crippen molar-refractivity contribution in [3.8, 4) is 11.5 Å². The Morgan fingerprint density at radius 2 is 1.75 bits per heavy atom. The fourth-order valence-electron chi connectivity index (χ4n) is 2.42. The van der Waals surface area contributed by atoms with E-state index in [1.807, 2.05) is 0 Å². The molecule has 2 aromatic carbocycles. The van der Waals surface area contributed by atoms with Crippen molar-refractivity contribution in [3.63, 3.8) is 0 Å². The summed E-state index contributed by atoms with van der Waals surface area (Å²) >= 11 is 12.0. The number of hydrogen-bond donors (Lipinski definition) is 1. The van der Waals surface area contributed by atoms with Crippen LogP contribution in [0.2, 0.25) is 10.0 Å². The maximum atomic E-state index is 12.4. The average molecular weight is 446 g/mol. The first kappa shape index (κ1) is 20.7. The molecular weight excluding hydrogens is 429 g/mol. The van der Waals surface area contributed by atoms with Crippen molar-refractivity contribution in [1.82, 2.24) is 4.72 Å². The highest BCUT2D eigenvalue weighted by atomic mass is 35.5. The maximum absolute atomic E-state index is 12.4. The van der Waals surface area contributed by atoms with Gasteiger partial charge in [0, 0.05) is 28.1 Å². The molecule has 0 atom stereocenters. The van der Waals surface area contributed by atoms with Crippen LogP contribution in [0.1, 0.15) is 12.0 Å². The molecule has 0 aromatic heterocycles. The predicted molar refractivity (Wildman–Crippen MR) is 103 cm³/mol. The van der Waals surface area contributed by atoms with Gasteiger partial charge in [0.1, 0.15) is 13.2 Å². The molecule has 1 aliphatic heterocycles. The van der Waals surface area contributed by atoms with Gasteiger partial charge in [0.2, 0.25) is 10.0 Å². The number of fused-ring (bicyclic) bond motifs is 1. The van der Waals surface area contributed by atoms with Crippen molar-refractivity contribution in [3.05, 3.63) is 52.0 Å². The zero-order chi connectivity index (χ0) is 20.1. The molecule has 10 heteroatoms. The first-order valence-corrected chi connectivity index (χ1v) is 10.6. The molecule has 28 heavy (non-hydrogen) atoms. The number of hydrogen-bond acceptors (Lipinski definition) is 6. The van der Waals surface area contributed by atoms with Crippen LogP contribution < -0.4 is 14.2 Å². The Morgan fingerprint density at radius 3 is 2.46 bits per heavy atom. The van der Waals surface area contributed by atoms with Crippen LogP contribution in [0.4, 0.5) is 0 Å². The van der Waals surface area contributed by atoms with Crippen molar-refractivity contribution in [2.45, 2.75) is 17.9 Å². The van der Waals surface area contributed by atoms with E-state index in [1.165, 1.54) is 18.2 Å². The Kier molecular flexibility index (Phi) is 6.66. The van der Waals surface area contributed by atoms with Crippen molar-refractivity contribution < 1.29 is 27.4 Å². The minimum atomic E-state index is -3.94. The molecule has 0 amide bonds. The highest BCUT2D eigenvalue weighted by Gasteiger charge is 2.20. The van der Waals surface area contributed by atoms with Gasteiger partial charge in [-0.15, -0.1) is 0 Å². The molecule has 0 unspecified atom stereocenters. The summed E-state index contributed by atoms with van der Waals surface area (Å²) < 4.78 is 43.1. The van der Waals surface area contributed by atoms with Crippen LogP contribution in [0.25, 0.3) is 0 Å². The van der Waals surface area contributed by atoms with E-state index in [9.17, 15) is 13.2 Å². The molecule has 150 valence electrons. The minimum Gasteiger partial charge on any atom is -0.490 e. The van der Waals surface area contributed by atoms with Crippen molar-refractivity contribution >= 4 is 39.2 Å². The number of carbonyl (C=O) groups excluding carboxylic acids is 1. The van der Waals surface area contributed by atoms with E-state index >= 15 is 0 Å². The van der Waals surface area contributed by atoms with Crippen LogP contribution in [0.5, 0.6) is 11.5 Å². The molecule has 0 bridgehead atoms. The molecule has 2 aromatic rings. The lowest BCUT2D eigenvalue weighted by Gasteiger charge is -2.11. The van der Waals surface area contributed by atoms with E-state index in [1.54, 1.807) is 18.2 Å². The molecular formula is C18H17Cl2NO6S. The van der Waals surface area contributed by atoms with Gasteiger partial charge in [0.15, 0.2) is 11.5 Å². The summed E-state index contributed by atoms with van der Waals surface area (Å²) in [5.41, 5.74) is 0.449. The maximum Gasteiger partial charge on any atom is 0.321 e. The Bertz CT molecular complexity index is 960. The van der Waals surface area contributed by atoms with Gasteiger partial charge in [-0.25, -0.2) is 8.42 Å². The molecule has 0 saturated carbocycles. The third-order valence-corrected chi connectivity index (χ3v) is 5.98. The number of carbonyl (C=O) groups is 1. The fourth-order valence-corrected chi connectivity index (χ4v) is 3.91. The zero-order valence-electron chi connectivity index (χ0n) is 14.6. The smallest absolute Gasteiger partial charge is 0.321 e. The van der Waals surface area contributed by atoms with Gasteiger partial charge in [-0.1, -0.05) is 29.3 Å². The summed E-state index contributed by atoms with van der Waals surface area (Å²) in [5, 5.41) is 0.709. The lowest BCUT2D eigenvalue weighted by molar-refractivity contribution is -0.143. The molecule has 3 rings (SSSR count). The second kappa shape index (κ2) is 9.00. The Hall–Kier alpha value is -2.00. The molecule has 0 aliphatic carbocycles. The third kappa shape index (κ3) is 5.08. The molecule has 0 radical (unpaired) electrons. The summed E-state index contributed by atoms with van der Waals surface area (Å²) in [6, 6.07) is 9.15. The Labute approximate surface area is 172 Å². The molecule has 0 fully saturated rings. The third-order valence-electron chi connectivity index (χ3n) is 3.87. The second-order valence-electron chi connectivity index (χ2n) is 5.84. The SMILES string of the molecule is O=C(CNS(=O)(=O)c1ccc2c(c1)OCCCO2)OCc1c(Cl)cccc1Cl. The monoisotopic (exact) mass is 445 g/mol. The second-order valence-corrected chi connectivity index (χ2v) is 8.43. The van der Waals surface area contributed by atoms with Crippen molar-refractivity contribution in [1.29, 1.82) is 0 Å². The normalized spacial score (nSPS) is 13.6. The molecule has 0 spiro atoms. The molecule has 1 N–H and O–H groups in total. The number of halogens is 2. The van der Waals surface area contributed by atoms with Gasteiger partial charge in [-0.3, -0.25) is 4.79 Å². The van der Waals surface area contributed by atoms with Gasteiger partial charge in [-0.05, 0) is 24.3 Å². The molecule has 1 aliphatic rings. The zero-order valence-corrected chi connectivity index (χ0v) is 16.9. The number of benzene rings is 2. The average Bonchev–Trinajstić information content (AvgIpc) is 2.91. The quantitative estimate of drug-likeness (QED) is 0.686. The summed E-state index contributed by atoms with van der Waals surface area (Å²) in [4.78, 5) is 11.9. The van der Waals surface area contributed by atoms with Crippen LogP contribution in [0, 0.1) is 0 Å². The van der Waals surface area contributed by atoms with Crippen molar-refractivity contribution in [2.24, 2.45) is 0 Å². The van der Waals surface area contributed by atoms with Gasteiger partial charge < -0.3 is 14.2 Å². The van der Waals surface area contributed by atoms with Crippen LogP contribution in [-0.4, -0.2) is 34.1 Å². The van der Waals surface area contributed by atoms with Crippen molar-refractivity contribution in [2.75, 3.05) is 19.8 Å². The van der Waals surface area contributed by atoms with Crippen LogP contribution in [0.3, 0.4) is 0 Å². The first-order chi connectivity index (χ1) is 13.4. The first-order valence-electron chi connectivity index (χ1n) is 8.34. The molecule has 1 heterocycles. The Balaban J connectivity index is 1.60. The number of esters is 1. The van der Waals surface area contributed by atoms with E-state index in [4.69, 9.17) is 37.4 Å². The summed E-state index contributed by atoms with van der Waals surface area (Å²) in [7, 11) is -3.94. The highest BCUT2D eigenvalue weighted by molar-refractivity contribution is 7.89. The standard InChI is InChI=1S/C18H17Cl2NO6S/c19-14-3-1-4-15(20)13(14)11-27-18(22)10-21-28(23,24)12-5-6-16-17(9-12)26-8-2-7-25-16/h1,3-6,9,21H,2,7-8,10-11H2. The number of sulfonamides is 1. The van der Waals surface area contributed by atoms with E-state index < -0.39 is 22.5 Å². The van der Waals surface area contributed by atoms with Gasteiger partial charge in [0.25, 0.3) is 0 Å². The van der Waals surface area contributed by atoms with E-state index in [-0.39, 0.29) is 11.5 Å². The highest BCUT2D eigenvalue weighted by Crippen LogP contribution is 2.31. The van der Waals surface area contributed by atoms with E-state index in [2.05, 4.69) is 4.72 Å². The molecule has 0 saturated heterocycles. The number of rotatable bonds is 6. The van der Waals surface area contributed by atoms with Crippen LogP contribution in [-0.2, 0) is 26.2 Å². The summed E-state index contributed by atoms with van der Waals surface area (Å²) in [6.45, 7) is 0.224. The summed E-state index contributed by atoms with van der Waals surface area (Å²) in [5.74, 6) is 0.0534. The largest absolute Gasteiger partial charge is 0.490 e. The lowest BCUT2D eigenvalue weighted by atomic mass is 10.2. The lowest BCUT2D eigenvalue weighted by Crippen LogP contribution is -2.30. The topological polar surface area (TPSA) is 90.9 Å². The number of nitrogens with one attached hydrogen (secondary N) is 1. The van der Waals surface area contributed by atoms with E-state index in [0.29, 0.717) is 46.7 Å². The van der Waals surface area contributed by atoms with Crippen LogP contribution in [0.15, 0.2) is 41.3 Å².